The Balaban J connectivity index is 2.87. The van der Waals surface area contributed by atoms with Crippen LogP contribution in [0.2, 0.25) is 0 Å². The summed E-state index contributed by atoms with van der Waals surface area (Å²) in [7, 11) is 3.26. The average molecular weight is 282 g/mol. The zero-order chi connectivity index (χ0) is 11.9. The van der Waals surface area contributed by atoms with E-state index >= 15 is 0 Å². The molecule has 0 amide bonds. The van der Waals surface area contributed by atoms with E-state index in [0.29, 0.717) is 5.69 Å². The number of para-hydroxylation sites is 1. The topological polar surface area (TPSA) is 31.2 Å². The molecule has 0 bridgehead atoms. The summed E-state index contributed by atoms with van der Waals surface area (Å²) in [5.41, 5.74) is 2.57. The highest BCUT2D eigenvalue weighted by Gasteiger charge is 2.19. The Bertz CT molecular complexity index is 572. The number of ether oxygens (including phenoxy) is 1. The summed E-state index contributed by atoms with van der Waals surface area (Å²) >= 11 is 3.49. The first-order valence-electron chi connectivity index (χ1n) is 4.89. The highest BCUT2D eigenvalue weighted by Crippen LogP contribution is 2.30. The summed E-state index contributed by atoms with van der Waals surface area (Å²) in [6.45, 7) is 1.93. The quantitative estimate of drug-likeness (QED) is 0.753. The van der Waals surface area contributed by atoms with Gasteiger partial charge in [0.15, 0.2) is 0 Å². The van der Waals surface area contributed by atoms with Crippen molar-refractivity contribution in [1.82, 2.24) is 4.57 Å². The van der Waals surface area contributed by atoms with Gasteiger partial charge in [-0.2, -0.15) is 0 Å². The van der Waals surface area contributed by atoms with Crippen molar-refractivity contribution in [2.45, 2.75) is 6.92 Å². The van der Waals surface area contributed by atoms with Crippen LogP contribution >= 0.6 is 15.9 Å². The second-order valence-electron chi connectivity index (χ2n) is 3.66. The van der Waals surface area contributed by atoms with E-state index in [2.05, 4.69) is 15.9 Å². The van der Waals surface area contributed by atoms with Gasteiger partial charge in [0.1, 0.15) is 5.69 Å². The Morgan fingerprint density at radius 3 is 2.69 bits per heavy atom. The smallest absolute Gasteiger partial charge is 0.354 e. The van der Waals surface area contributed by atoms with E-state index in [-0.39, 0.29) is 5.97 Å². The minimum absolute atomic E-state index is 0.303. The first-order valence-corrected chi connectivity index (χ1v) is 5.69. The lowest BCUT2D eigenvalue weighted by atomic mass is 10.1. The number of nitrogens with zero attached hydrogens (tertiary/aromatic N) is 1. The molecule has 2 rings (SSSR count). The van der Waals surface area contributed by atoms with Crippen LogP contribution in [0, 0.1) is 6.92 Å². The molecule has 4 heteroatoms. The SMILES string of the molecule is COC(=O)c1c(C)c2cccc(Br)c2n1C. The molecule has 0 spiro atoms. The van der Waals surface area contributed by atoms with Crippen molar-refractivity contribution < 1.29 is 9.53 Å². The fraction of sp³-hybridized carbons (Fsp3) is 0.250. The molecule has 0 aliphatic carbocycles. The van der Waals surface area contributed by atoms with Gasteiger partial charge < -0.3 is 9.30 Å². The van der Waals surface area contributed by atoms with E-state index in [9.17, 15) is 4.79 Å². The number of halogens is 1. The van der Waals surface area contributed by atoms with Gasteiger partial charge in [0.2, 0.25) is 0 Å². The number of carbonyl (C=O) groups is 1. The number of methoxy groups -OCH3 is 1. The van der Waals surface area contributed by atoms with Crippen molar-refractivity contribution in [3.8, 4) is 0 Å². The molecule has 0 saturated carbocycles. The van der Waals surface area contributed by atoms with Gasteiger partial charge in [-0.1, -0.05) is 12.1 Å². The number of benzene rings is 1. The Morgan fingerprint density at radius 2 is 2.12 bits per heavy atom. The lowest BCUT2D eigenvalue weighted by molar-refractivity contribution is 0.0589. The monoisotopic (exact) mass is 281 g/mol. The lowest BCUT2D eigenvalue weighted by Gasteiger charge is -2.03. The summed E-state index contributed by atoms with van der Waals surface area (Å²) in [5, 5.41) is 1.07. The Hall–Kier alpha value is -1.29. The van der Waals surface area contributed by atoms with Crippen LogP contribution in [-0.2, 0) is 11.8 Å². The molecule has 0 radical (unpaired) electrons. The van der Waals surface area contributed by atoms with Gasteiger partial charge in [0.05, 0.1) is 12.6 Å². The minimum atomic E-state index is -0.303. The molecule has 0 fully saturated rings. The van der Waals surface area contributed by atoms with Crippen molar-refractivity contribution in [2.24, 2.45) is 7.05 Å². The van der Waals surface area contributed by atoms with E-state index in [0.717, 1.165) is 20.9 Å². The van der Waals surface area contributed by atoms with Gasteiger partial charge in [-0.05, 0) is 34.5 Å². The zero-order valence-electron chi connectivity index (χ0n) is 9.37. The van der Waals surface area contributed by atoms with Crippen LogP contribution in [0.15, 0.2) is 22.7 Å². The number of fused-ring (bicyclic) bond motifs is 1. The summed E-state index contributed by atoms with van der Waals surface area (Å²) < 4.78 is 7.63. The molecule has 0 atom stereocenters. The first kappa shape index (κ1) is 11.2. The predicted molar refractivity (Wildman–Crippen MR) is 66.7 cm³/mol. The van der Waals surface area contributed by atoms with Crippen molar-refractivity contribution in [1.29, 1.82) is 0 Å². The Labute approximate surface area is 102 Å². The second kappa shape index (κ2) is 3.94. The van der Waals surface area contributed by atoms with Crippen LogP contribution in [0.3, 0.4) is 0 Å². The molecule has 0 aliphatic heterocycles. The number of hydrogen-bond donors (Lipinski definition) is 0. The normalized spacial score (nSPS) is 10.8. The molecule has 16 heavy (non-hydrogen) atoms. The van der Waals surface area contributed by atoms with Crippen LogP contribution in [0.5, 0.6) is 0 Å². The van der Waals surface area contributed by atoms with Crippen LogP contribution < -0.4 is 0 Å². The van der Waals surface area contributed by atoms with E-state index in [1.807, 2.05) is 36.7 Å². The number of carbonyl (C=O) groups excluding carboxylic acids is 1. The van der Waals surface area contributed by atoms with Gasteiger partial charge in [0, 0.05) is 16.9 Å². The van der Waals surface area contributed by atoms with Crippen LogP contribution in [0.4, 0.5) is 0 Å². The maximum Gasteiger partial charge on any atom is 0.354 e. The third kappa shape index (κ3) is 1.45. The fourth-order valence-electron chi connectivity index (χ4n) is 2.04. The van der Waals surface area contributed by atoms with Crippen molar-refractivity contribution in [3.63, 3.8) is 0 Å². The lowest BCUT2D eigenvalue weighted by Crippen LogP contribution is -2.08. The molecular weight excluding hydrogens is 270 g/mol. The fourth-order valence-corrected chi connectivity index (χ4v) is 2.67. The molecule has 1 heterocycles. The molecule has 1 aromatic heterocycles. The van der Waals surface area contributed by atoms with E-state index in [1.54, 1.807) is 0 Å². The highest BCUT2D eigenvalue weighted by molar-refractivity contribution is 9.10. The Morgan fingerprint density at radius 1 is 1.44 bits per heavy atom. The second-order valence-corrected chi connectivity index (χ2v) is 4.51. The van der Waals surface area contributed by atoms with E-state index < -0.39 is 0 Å². The van der Waals surface area contributed by atoms with E-state index in [1.165, 1.54) is 7.11 Å². The molecule has 84 valence electrons. The van der Waals surface area contributed by atoms with Gasteiger partial charge in [-0.15, -0.1) is 0 Å². The molecule has 0 N–H and O–H groups in total. The standard InChI is InChI=1S/C12H12BrNO2/c1-7-8-5-4-6-9(13)11(8)14(2)10(7)12(15)16-3/h4-6H,1-3H3. The van der Waals surface area contributed by atoms with Gasteiger partial charge in [-0.3, -0.25) is 0 Å². The number of aryl methyl sites for hydroxylation is 2. The molecule has 0 saturated heterocycles. The summed E-state index contributed by atoms with van der Waals surface area (Å²) in [5.74, 6) is -0.303. The molecular formula is C12H12BrNO2. The van der Waals surface area contributed by atoms with Crippen LogP contribution in [0.25, 0.3) is 10.9 Å². The first-order chi connectivity index (χ1) is 7.57. The van der Waals surface area contributed by atoms with Crippen LogP contribution in [-0.4, -0.2) is 17.6 Å². The third-order valence-corrected chi connectivity index (χ3v) is 3.44. The highest BCUT2D eigenvalue weighted by atomic mass is 79.9. The largest absolute Gasteiger partial charge is 0.464 e. The molecule has 3 nitrogen and oxygen atoms in total. The maximum absolute atomic E-state index is 11.7. The van der Waals surface area contributed by atoms with Gasteiger partial charge in [0.25, 0.3) is 0 Å². The number of rotatable bonds is 1. The molecule has 0 aliphatic rings. The summed E-state index contributed by atoms with van der Waals surface area (Å²) in [4.78, 5) is 11.7. The molecule has 2 aromatic rings. The molecule has 1 aromatic carbocycles. The van der Waals surface area contributed by atoms with Crippen molar-refractivity contribution in [2.75, 3.05) is 7.11 Å². The number of esters is 1. The van der Waals surface area contributed by atoms with Crippen molar-refractivity contribution in [3.05, 3.63) is 33.9 Å². The van der Waals surface area contributed by atoms with Crippen LogP contribution in [0.1, 0.15) is 16.1 Å². The zero-order valence-corrected chi connectivity index (χ0v) is 11.0. The number of hydrogen-bond acceptors (Lipinski definition) is 2. The minimum Gasteiger partial charge on any atom is -0.464 e. The predicted octanol–water partition coefficient (Wildman–Crippen LogP) is 3.04. The third-order valence-electron chi connectivity index (χ3n) is 2.80. The summed E-state index contributed by atoms with van der Waals surface area (Å²) in [6, 6.07) is 5.92. The Kier molecular flexibility index (Phi) is 2.76. The van der Waals surface area contributed by atoms with Crippen molar-refractivity contribution >= 4 is 32.8 Å². The van der Waals surface area contributed by atoms with Gasteiger partial charge >= 0.3 is 5.97 Å². The van der Waals surface area contributed by atoms with Gasteiger partial charge in [-0.25, -0.2) is 4.79 Å². The average Bonchev–Trinajstić information content (AvgIpc) is 2.52. The molecule has 0 unspecified atom stereocenters. The van der Waals surface area contributed by atoms with E-state index in [4.69, 9.17) is 4.74 Å². The number of aromatic nitrogens is 1. The summed E-state index contributed by atoms with van der Waals surface area (Å²) in [6.07, 6.45) is 0. The maximum atomic E-state index is 11.7.